The standard InChI is InChI=1S/C24H22BrFN4O3/c1-14-5-4-6-15(2)22(14)32-13-19-16(3)33-29-21(19)24(31)27-23-20(25)12-30(28-23)11-17-7-9-18(26)10-8-17/h4-10,12H,11,13H2,1-3H3,(H,27,28,31). The summed E-state index contributed by atoms with van der Waals surface area (Å²) < 4.78 is 26.6. The fourth-order valence-corrected chi connectivity index (χ4v) is 3.83. The number of benzene rings is 2. The zero-order valence-electron chi connectivity index (χ0n) is 18.4. The molecule has 0 radical (unpaired) electrons. The Labute approximate surface area is 198 Å². The van der Waals surface area contributed by atoms with Gasteiger partial charge in [-0.05, 0) is 65.5 Å². The van der Waals surface area contributed by atoms with Crippen molar-refractivity contribution in [1.82, 2.24) is 14.9 Å². The summed E-state index contributed by atoms with van der Waals surface area (Å²) in [6.07, 6.45) is 1.73. The number of nitrogens with zero attached hydrogens (tertiary/aromatic N) is 3. The first-order valence-electron chi connectivity index (χ1n) is 10.2. The van der Waals surface area contributed by atoms with Crippen molar-refractivity contribution in [2.45, 2.75) is 33.9 Å². The summed E-state index contributed by atoms with van der Waals surface area (Å²) in [4.78, 5) is 12.9. The second-order valence-electron chi connectivity index (χ2n) is 7.68. The van der Waals surface area contributed by atoms with Crippen LogP contribution in [-0.4, -0.2) is 20.8 Å². The van der Waals surface area contributed by atoms with E-state index in [1.54, 1.807) is 29.9 Å². The van der Waals surface area contributed by atoms with E-state index >= 15 is 0 Å². The Morgan fingerprint density at radius 2 is 1.85 bits per heavy atom. The summed E-state index contributed by atoms with van der Waals surface area (Å²) >= 11 is 3.42. The third-order valence-corrected chi connectivity index (χ3v) is 5.76. The molecule has 2 heterocycles. The lowest BCUT2D eigenvalue weighted by Crippen LogP contribution is -2.16. The number of aromatic nitrogens is 3. The molecule has 170 valence electrons. The zero-order valence-corrected chi connectivity index (χ0v) is 19.9. The van der Waals surface area contributed by atoms with E-state index < -0.39 is 5.91 Å². The monoisotopic (exact) mass is 512 g/mol. The number of carbonyl (C=O) groups excluding carboxylic acids is 1. The highest BCUT2D eigenvalue weighted by Crippen LogP contribution is 2.26. The molecule has 2 aromatic carbocycles. The highest BCUT2D eigenvalue weighted by Gasteiger charge is 2.22. The molecule has 0 aliphatic rings. The quantitative estimate of drug-likeness (QED) is 0.349. The molecular weight excluding hydrogens is 491 g/mol. The second kappa shape index (κ2) is 9.58. The Morgan fingerprint density at radius 1 is 1.15 bits per heavy atom. The van der Waals surface area contributed by atoms with Gasteiger partial charge in [0.1, 0.15) is 23.9 Å². The van der Waals surface area contributed by atoms with E-state index in [9.17, 15) is 9.18 Å². The van der Waals surface area contributed by atoms with Gasteiger partial charge in [0.05, 0.1) is 16.6 Å². The van der Waals surface area contributed by atoms with Crippen molar-refractivity contribution >= 4 is 27.7 Å². The number of halogens is 2. The SMILES string of the molecule is Cc1cccc(C)c1OCc1c(C(=O)Nc2nn(Cc3ccc(F)cc3)cc2Br)noc1C. The van der Waals surface area contributed by atoms with Crippen LogP contribution in [0.1, 0.15) is 38.5 Å². The Hall–Kier alpha value is -3.46. The minimum atomic E-state index is -0.459. The number of hydrogen-bond acceptors (Lipinski definition) is 5. The van der Waals surface area contributed by atoms with Crippen LogP contribution >= 0.6 is 15.9 Å². The van der Waals surface area contributed by atoms with Gasteiger partial charge in [0, 0.05) is 6.20 Å². The number of ether oxygens (including phenoxy) is 1. The van der Waals surface area contributed by atoms with Crippen LogP contribution in [0, 0.1) is 26.6 Å². The van der Waals surface area contributed by atoms with E-state index in [4.69, 9.17) is 9.26 Å². The van der Waals surface area contributed by atoms with Gasteiger partial charge in [-0.25, -0.2) is 4.39 Å². The normalized spacial score (nSPS) is 10.9. The lowest BCUT2D eigenvalue weighted by atomic mass is 10.1. The molecular formula is C24H22BrFN4O3. The molecule has 0 unspecified atom stereocenters. The molecule has 33 heavy (non-hydrogen) atoms. The summed E-state index contributed by atoms with van der Waals surface area (Å²) in [6.45, 7) is 6.24. The largest absolute Gasteiger partial charge is 0.488 e. The van der Waals surface area contributed by atoms with Crippen LogP contribution in [0.2, 0.25) is 0 Å². The fraction of sp³-hybridized carbons (Fsp3) is 0.208. The van der Waals surface area contributed by atoms with Crippen molar-refractivity contribution in [2.75, 3.05) is 5.32 Å². The molecule has 4 aromatic rings. The first kappa shape index (κ1) is 22.7. The number of aryl methyl sites for hydroxylation is 3. The first-order valence-corrected chi connectivity index (χ1v) is 11.0. The Bertz CT molecular complexity index is 1280. The van der Waals surface area contributed by atoms with Gasteiger partial charge in [0.2, 0.25) is 0 Å². The minimum absolute atomic E-state index is 0.138. The molecule has 4 rings (SSSR count). The maximum Gasteiger partial charge on any atom is 0.279 e. The third kappa shape index (κ3) is 5.14. The first-order chi connectivity index (χ1) is 15.8. The predicted octanol–water partition coefficient (Wildman–Crippen LogP) is 5.58. The molecule has 0 aliphatic carbocycles. The van der Waals surface area contributed by atoms with E-state index in [1.807, 2.05) is 32.0 Å². The lowest BCUT2D eigenvalue weighted by Gasteiger charge is -2.12. The van der Waals surface area contributed by atoms with Crippen LogP contribution in [0.3, 0.4) is 0 Å². The van der Waals surface area contributed by atoms with Crippen molar-refractivity contribution < 1.29 is 18.4 Å². The fourth-order valence-electron chi connectivity index (χ4n) is 3.42. The zero-order chi connectivity index (χ0) is 23.5. The van der Waals surface area contributed by atoms with Crippen LogP contribution in [0.25, 0.3) is 0 Å². The molecule has 0 aliphatic heterocycles. The van der Waals surface area contributed by atoms with Crippen LogP contribution in [0.5, 0.6) is 5.75 Å². The average molecular weight is 513 g/mol. The number of carbonyl (C=O) groups is 1. The summed E-state index contributed by atoms with van der Waals surface area (Å²) in [6, 6.07) is 12.1. The van der Waals surface area contributed by atoms with Crippen LogP contribution in [0.15, 0.2) is 57.7 Å². The molecule has 2 aromatic heterocycles. The number of rotatable bonds is 7. The maximum atomic E-state index is 13.1. The van der Waals surface area contributed by atoms with E-state index in [2.05, 4.69) is 31.5 Å². The van der Waals surface area contributed by atoms with Gasteiger partial charge in [0.25, 0.3) is 5.91 Å². The van der Waals surface area contributed by atoms with Gasteiger partial charge in [0.15, 0.2) is 11.5 Å². The summed E-state index contributed by atoms with van der Waals surface area (Å²) in [7, 11) is 0. The highest BCUT2D eigenvalue weighted by atomic mass is 79.9. The van der Waals surface area contributed by atoms with Gasteiger partial charge in [-0.3, -0.25) is 9.48 Å². The lowest BCUT2D eigenvalue weighted by molar-refractivity contribution is 0.101. The second-order valence-corrected chi connectivity index (χ2v) is 8.53. The number of nitrogens with one attached hydrogen (secondary N) is 1. The van der Waals surface area contributed by atoms with Crippen LogP contribution in [0.4, 0.5) is 10.2 Å². The highest BCUT2D eigenvalue weighted by molar-refractivity contribution is 9.10. The van der Waals surface area contributed by atoms with Crippen LogP contribution < -0.4 is 10.1 Å². The van der Waals surface area contributed by atoms with Crippen molar-refractivity contribution in [1.29, 1.82) is 0 Å². The average Bonchev–Trinajstić information content (AvgIpc) is 3.31. The Morgan fingerprint density at radius 3 is 2.55 bits per heavy atom. The molecule has 0 atom stereocenters. The van der Waals surface area contributed by atoms with E-state index in [0.717, 1.165) is 22.4 Å². The molecule has 9 heteroatoms. The topological polar surface area (TPSA) is 82.2 Å². The summed E-state index contributed by atoms with van der Waals surface area (Å²) in [5, 5.41) is 11.1. The predicted molar refractivity (Wildman–Crippen MR) is 125 cm³/mol. The van der Waals surface area contributed by atoms with Gasteiger partial charge >= 0.3 is 0 Å². The van der Waals surface area contributed by atoms with Crippen molar-refractivity contribution in [2.24, 2.45) is 0 Å². The smallest absolute Gasteiger partial charge is 0.279 e. The van der Waals surface area contributed by atoms with E-state index in [1.165, 1.54) is 12.1 Å². The van der Waals surface area contributed by atoms with Crippen LogP contribution in [-0.2, 0) is 13.2 Å². The molecule has 0 bridgehead atoms. The Balaban J connectivity index is 1.48. The van der Waals surface area contributed by atoms with E-state index in [0.29, 0.717) is 28.2 Å². The van der Waals surface area contributed by atoms with Gasteiger partial charge in [-0.15, -0.1) is 0 Å². The van der Waals surface area contributed by atoms with Crippen molar-refractivity contribution in [3.8, 4) is 5.75 Å². The molecule has 0 saturated heterocycles. The minimum Gasteiger partial charge on any atom is -0.488 e. The summed E-state index contributed by atoms with van der Waals surface area (Å²) in [5.41, 5.74) is 3.59. The molecule has 0 spiro atoms. The third-order valence-electron chi connectivity index (χ3n) is 5.18. The number of amides is 1. The molecule has 1 amide bonds. The van der Waals surface area contributed by atoms with Crippen molar-refractivity contribution in [3.05, 3.63) is 92.7 Å². The van der Waals surface area contributed by atoms with E-state index in [-0.39, 0.29) is 18.1 Å². The van der Waals surface area contributed by atoms with Gasteiger partial charge in [-0.1, -0.05) is 35.5 Å². The van der Waals surface area contributed by atoms with Gasteiger partial charge in [-0.2, -0.15) is 5.10 Å². The summed E-state index contributed by atoms with van der Waals surface area (Å²) in [5.74, 6) is 0.858. The molecule has 0 saturated carbocycles. The molecule has 0 fully saturated rings. The number of anilines is 1. The molecule has 7 nitrogen and oxygen atoms in total. The van der Waals surface area contributed by atoms with Crippen molar-refractivity contribution in [3.63, 3.8) is 0 Å². The molecule has 1 N–H and O–H groups in total. The maximum absolute atomic E-state index is 13.1. The Kier molecular flexibility index (Phi) is 6.60. The number of para-hydroxylation sites is 1. The number of hydrogen-bond donors (Lipinski definition) is 1. The van der Waals surface area contributed by atoms with Gasteiger partial charge < -0.3 is 14.6 Å².